The second kappa shape index (κ2) is 7.57. The molecule has 1 spiro atoms. The van der Waals surface area contributed by atoms with E-state index in [0.29, 0.717) is 11.8 Å². The minimum absolute atomic E-state index is 0.0136. The molecule has 1 saturated carbocycles. The van der Waals surface area contributed by atoms with Gasteiger partial charge in [-0.05, 0) is 37.2 Å². The Labute approximate surface area is 190 Å². The Morgan fingerprint density at radius 3 is 2.38 bits per heavy atom. The number of fused-ring (bicyclic) bond motifs is 3. The van der Waals surface area contributed by atoms with Crippen molar-refractivity contribution in [2.45, 2.75) is 50.2 Å². The summed E-state index contributed by atoms with van der Waals surface area (Å²) in [5.41, 5.74) is 6.72. The smallest absolute Gasteiger partial charge is 0.171 e. The Hall–Kier alpha value is -2.43. The van der Waals surface area contributed by atoms with Crippen molar-refractivity contribution in [3.63, 3.8) is 0 Å². The summed E-state index contributed by atoms with van der Waals surface area (Å²) in [5, 5.41) is 5.26. The zero-order valence-electron chi connectivity index (χ0n) is 19.1. The molecule has 1 aliphatic heterocycles. The zero-order chi connectivity index (χ0) is 21.8. The fraction of sp³-hybridized carbons (Fsp3) is 0.464. The molecule has 1 saturated heterocycles. The second-order valence-electron chi connectivity index (χ2n) is 9.93. The molecule has 0 radical (unpaired) electrons. The fourth-order valence-corrected chi connectivity index (χ4v) is 7.02. The van der Waals surface area contributed by atoms with Gasteiger partial charge in [0.15, 0.2) is 5.79 Å². The Morgan fingerprint density at radius 2 is 1.66 bits per heavy atom. The maximum absolute atomic E-state index is 6.28. The average Bonchev–Trinajstić information content (AvgIpc) is 3.43. The molecule has 3 aromatic rings. The molecule has 0 bridgehead atoms. The number of hydrogen-bond acceptors (Lipinski definition) is 3. The first kappa shape index (κ1) is 20.2. The molecule has 166 valence electrons. The van der Waals surface area contributed by atoms with Crippen molar-refractivity contribution in [2.75, 3.05) is 13.2 Å². The first-order valence-corrected chi connectivity index (χ1v) is 12.1. The van der Waals surface area contributed by atoms with Crippen molar-refractivity contribution in [3.05, 3.63) is 77.5 Å². The minimum Gasteiger partial charge on any atom is -0.347 e. The number of aromatic nitrogens is 2. The van der Waals surface area contributed by atoms with Gasteiger partial charge >= 0.3 is 0 Å². The van der Waals surface area contributed by atoms with Gasteiger partial charge in [-0.3, -0.25) is 4.68 Å². The molecule has 3 aliphatic rings. The van der Waals surface area contributed by atoms with Crippen LogP contribution in [0.1, 0.15) is 43.0 Å². The number of aryl methyl sites for hydroxylation is 1. The summed E-state index contributed by atoms with van der Waals surface area (Å²) in [7, 11) is 2.11. The van der Waals surface area contributed by atoms with Crippen molar-refractivity contribution in [3.8, 4) is 11.3 Å². The van der Waals surface area contributed by atoms with Crippen LogP contribution in [0.2, 0.25) is 0 Å². The van der Waals surface area contributed by atoms with E-state index < -0.39 is 5.79 Å². The molecule has 2 aliphatic carbocycles. The third kappa shape index (κ3) is 2.93. The summed E-state index contributed by atoms with van der Waals surface area (Å²) in [6, 6.07) is 21.8. The molecule has 4 heteroatoms. The Bertz CT molecular complexity index is 1100. The highest BCUT2D eigenvalue weighted by Gasteiger charge is 2.59. The third-order valence-electron chi connectivity index (χ3n) is 8.43. The topological polar surface area (TPSA) is 36.3 Å². The van der Waals surface area contributed by atoms with Crippen molar-refractivity contribution in [1.29, 1.82) is 0 Å². The molecule has 3 atom stereocenters. The lowest BCUT2D eigenvalue weighted by Gasteiger charge is -2.55. The Balaban J connectivity index is 1.50. The maximum atomic E-state index is 6.28. The van der Waals surface area contributed by atoms with E-state index >= 15 is 0 Å². The van der Waals surface area contributed by atoms with Crippen molar-refractivity contribution in [2.24, 2.45) is 18.9 Å². The second-order valence-corrected chi connectivity index (χ2v) is 9.93. The highest BCUT2D eigenvalue weighted by atomic mass is 16.7. The monoisotopic (exact) mass is 428 g/mol. The lowest BCUT2D eigenvalue weighted by atomic mass is 9.52. The van der Waals surface area contributed by atoms with E-state index in [1.54, 1.807) is 0 Å². The van der Waals surface area contributed by atoms with Crippen molar-refractivity contribution < 1.29 is 9.47 Å². The summed E-state index contributed by atoms with van der Waals surface area (Å²) in [6.45, 7) is 3.80. The molecule has 0 amide bonds. The molecule has 6 rings (SSSR count). The summed E-state index contributed by atoms with van der Waals surface area (Å²) >= 11 is 0. The molecular formula is C28H32N2O2. The first-order valence-electron chi connectivity index (χ1n) is 12.1. The van der Waals surface area contributed by atoms with Gasteiger partial charge in [-0.15, -0.1) is 0 Å². The molecule has 1 aromatic heterocycles. The number of nitrogens with zero attached hydrogens (tertiary/aromatic N) is 2. The maximum Gasteiger partial charge on any atom is 0.171 e. The van der Waals surface area contributed by atoms with E-state index in [-0.39, 0.29) is 5.41 Å². The molecule has 2 fully saturated rings. The van der Waals surface area contributed by atoms with Crippen LogP contribution in [0.5, 0.6) is 0 Å². The number of ether oxygens (including phenoxy) is 2. The lowest BCUT2D eigenvalue weighted by molar-refractivity contribution is -0.236. The SMILES string of the molecule is C[C@H]1[C@@H]2CCc3c(nn(C)c3-c3ccccc3)[C@@]2(Cc2ccccc2)CCC12OCCO2. The van der Waals surface area contributed by atoms with Gasteiger partial charge in [-0.1, -0.05) is 67.6 Å². The molecule has 2 aromatic carbocycles. The van der Waals surface area contributed by atoms with Crippen LogP contribution >= 0.6 is 0 Å². The predicted molar refractivity (Wildman–Crippen MR) is 125 cm³/mol. The normalized spacial score (nSPS) is 28.4. The summed E-state index contributed by atoms with van der Waals surface area (Å²) < 4.78 is 14.7. The van der Waals surface area contributed by atoms with Crippen LogP contribution in [0, 0.1) is 11.8 Å². The van der Waals surface area contributed by atoms with Gasteiger partial charge in [0.2, 0.25) is 0 Å². The van der Waals surface area contributed by atoms with Crippen LogP contribution < -0.4 is 0 Å². The van der Waals surface area contributed by atoms with Gasteiger partial charge in [0.1, 0.15) is 0 Å². The molecule has 0 N–H and O–H groups in total. The van der Waals surface area contributed by atoms with Gasteiger partial charge in [0, 0.05) is 35.9 Å². The highest BCUT2D eigenvalue weighted by molar-refractivity contribution is 5.66. The summed E-state index contributed by atoms with van der Waals surface area (Å²) in [5.74, 6) is 0.428. The van der Waals surface area contributed by atoms with Gasteiger partial charge in [0.05, 0.1) is 24.6 Å². The number of rotatable bonds is 3. The van der Waals surface area contributed by atoms with E-state index in [2.05, 4.69) is 79.3 Å². The summed E-state index contributed by atoms with van der Waals surface area (Å²) in [4.78, 5) is 0. The van der Waals surface area contributed by atoms with E-state index in [4.69, 9.17) is 14.6 Å². The average molecular weight is 429 g/mol. The zero-order valence-corrected chi connectivity index (χ0v) is 19.1. The van der Waals surface area contributed by atoms with Crippen molar-refractivity contribution in [1.82, 2.24) is 9.78 Å². The standard InChI is InChI=1S/C28H32N2O2/c1-20-24-14-13-23-25(22-11-7-4-8-12-22)30(2)29-26(23)27(24,19-21-9-5-3-6-10-21)15-16-28(20)31-17-18-32-28/h3-12,20,24H,13-19H2,1-2H3/t20-,24-,27+/m0/s1. The highest BCUT2D eigenvalue weighted by Crippen LogP contribution is 2.58. The van der Waals surface area contributed by atoms with Gasteiger partial charge < -0.3 is 9.47 Å². The van der Waals surface area contributed by atoms with E-state index in [1.807, 2.05) is 0 Å². The summed E-state index contributed by atoms with van der Waals surface area (Å²) in [6.07, 6.45) is 5.23. The van der Waals surface area contributed by atoms with Crippen LogP contribution in [-0.2, 0) is 34.8 Å². The largest absolute Gasteiger partial charge is 0.347 e. The fourth-order valence-electron chi connectivity index (χ4n) is 7.02. The van der Waals surface area contributed by atoms with E-state index in [9.17, 15) is 0 Å². The number of benzene rings is 2. The number of hydrogen-bond donors (Lipinski definition) is 0. The van der Waals surface area contributed by atoms with Crippen LogP contribution in [-0.4, -0.2) is 28.8 Å². The van der Waals surface area contributed by atoms with Crippen LogP contribution in [0.25, 0.3) is 11.3 Å². The quantitative estimate of drug-likeness (QED) is 0.568. The predicted octanol–water partition coefficient (Wildman–Crippen LogP) is 5.30. The van der Waals surface area contributed by atoms with E-state index in [0.717, 1.165) is 45.3 Å². The molecule has 0 unspecified atom stereocenters. The van der Waals surface area contributed by atoms with Gasteiger partial charge in [0.25, 0.3) is 0 Å². The lowest BCUT2D eigenvalue weighted by Crippen LogP contribution is -2.57. The van der Waals surface area contributed by atoms with Crippen molar-refractivity contribution >= 4 is 0 Å². The minimum atomic E-state index is -0.403. The Kier molecular flexibility index (Phi) is 4.78. The molecule has 2 heterocycles. The molecule has 4 nitrogen and oxygen atoms in total. The Morgan fingerprint density at radius 1 is 0.969 bits per heavy atom. The van der Waals surface area contributed by atoms with E-state index in [1.165, 1.54) is 28.1 Å². The van der Waals surface area contributed by atoms with Crippen LogP contribution in [0.15, 0.2) is 60.7 Å². The van der Waals surface area contributed by atoms with Crippen LogP contribution in [0.3, 0.4) is 0 Å². The van der Waals surface area contributed by atoms with Crippen LogP contribution in [0.4, 0.5) is 0 Å². The first-order chi connectivity index (χ1) is 15.6. The third-order valence-corrected chi connectivity index (χ3v) is 8.43. The molecule has 32 heavy (non-hydrogen) atoms. The molecular weight excluding hydrogens is 396 g/mol. The van der Waals surface area contributed by atoms with Gasteiger partial charge in [-0.2, -0.15) is 5.10 Å². The van der Waals surface area contributed by atoms with Gasteiger partial charge in [-0.25, -0.2) is 0 Å².